The highest BCUT2D eigenvalue weighted by Gasteiger charge is 2.14. The molecule has 3 N–H and O–H groups in total. The van der Waals surface area contributed by atoms with Crippen molar-refractivity contribution in [1.29, 1.82) is 0 Å². The van der Waals surface area contributed by atoms with Gasteiger partial charge in [0, 0.05) is 37.3 Å². The molecule has 1 unspecified atom stereocenters. The Morgan fingerprint density at radius 1 is 1.15 bits per heavy atom. The van der Waals surface area contributed by atoms with Gasteiger partial charge in [0.25, 0.3) is 0 Å². The highest BCUT2D eigenvalue weighted by atomic mass is 16.4. The Kier molecular flexibility index (Phi) is 7.61. The third-order valence-corrected chi connectivity index (χ3v) is 4.13. The number of carboxylic acid groups (broad SMARTS) is 1. The molecule has 0 saturated carbocycles. The summed E-state index contributed by atoms with van der Waals surface area (Å²) in [6.45, 7) is 2.46. The molecule has 0 radical (unpaired) electrons. The van der Waals surface area contributed by atoms with Crippen LogP contribution in [0.15, 0.2) is 48.7 Å². The minimum absolute atomic E-state index is 0.0188. The Morgan fingerprint density at radius 3 is 2.62 bits per heavy atom. The van der Waals surface area contributed by atoms with Gasteiger partial charge in [-0.3, -0.25) is 9.78 Å². The normalized spacial score (nSPS) is 11.6. The van der Waals surface area contributed by atoms with E-state index in [9.17, 15) is 9.59 Å². The molecule has 26 heavy (non-hydrogen) atoms. The Labute approximate surface area is 153 Å². The van der Waals surface area contributed by atoms with Crippen LogP contribution in [0, 0.1) is 6.92 Å². The highest BCUT2D eigenvalue weighted by Crippen LogP contribution is 2.08. The van der Waals surface area contributed by atoms with Crippen LogP contribution in [0.1, 0.15) is 29.7 Å². The second kappa shape index (κ2) is 10.2. The Morgan fingerprint density at radius 2 is 1.92 bits per heavy atom. The first kappa shape index (κ1) is 19.4. The zero-order valence-corrected chi connectivity index (χ0v) is 14.9. The van der Waals surface area contributed by atoms with Crippen molar-refractivity contribution in [3.63, 3.8) is 0 Å². The van der Waals surface area contributed by atoms with Crippen LogP contribution in [0.5, 0.6) is 0 Å². The highest BCUT2D eigenvalue weighted by molar-refractivity contribution is 5.74. The van der Waals surface area contributed by atoms with Crippen molar-refractivity contribution in [2.45, 2.75) is 38.6 Å². The standard InChI is InChI=1S/C20H25N3O3/c1-15-6-5-12-21-18(15)11-13-22-20(26)23-17(9-10-19(24)25)14-16-7-3-2-4-8-16/h2-8,12,17H,9-11,13-14H2,1H3,(H,24,25)(H2,22,23,26). The molecule has 2 aromatic rings. The smallest absolute Gasteiger partial charge is 0.315 e. The lowest BCUT2D eigenvalue weighted by atomic mass is 10.0. The summed E-state index contributed by atoms with van der Waals surface area (Å²) >= 11 is 0. The number of rotatable bonds is 9. The molecule has 2 amide bonds. The number of aromatic nitrogens is 1. The molecule has 1 aromatic heterocycles. The van der Waals surface area contributed by atoms with Crippen molar-refractivity contribution in [1.82, 2.24) is 15.6 Å². The number of benzene rings is 1. The van der Waals surface area contributed by atoms with E-state index in [1.165, 1.54) is 0 Å². The lowest BCUT2D eigenvalue weighted by molar-refractivity contribution is -0.137. The largest absolute Gasteiger partial charge is 0.481 e. The van der Waals surface area contributed by atoms with E-state index in [1.807, 2.05) is 49.4 Å². The van der Waals surface area contributed by atoms with Crippen molar-refractivity contribution in [3.05, 3.63) is 65.5 Å². The molecule has 6 heteroatoms. The van der Waals surface area contributed by atoms with Crippen LogP contribution >= 0.6 is 0 Å². The number of hydrogen-bond donors (Lipinski definition) is 3. The number of amides is 2. The molecule has 0 bridgehead atoms. The van der Waals surface area contributed by atoms with Gasteiger partial charge in [0.2, 0.25) is 0 Å². The fourth-order valence-electron chi connectivity index (χ4n) is 2.73. The molecule has 0 fully saturated rings. The molecule has 0 saturated heterocycles. The second-order valence-electron chi connectivity index (χ2n) is 6.24. The third-order valence-electron chi connectivity index (χ3n) is 4.13. The minimum atomic E-state index is -0.865. The molecular formula is C20H25N3O3. The SMILES string of the molecule is Cc1cccnc1CCNC(=O)NC(CCC(=O)O)Cc1ccccc1. The number of pyridine rings is 1. The molecule has 138 valence electrons. The van der Waals surface area contributed by atoms with Crippen LogP contribution in [0.4, 0.5) is 4.79 Å². The number of carboxylic acids is 1. The van der Waals surface area contributed by atoms with E-state index in [0.717, 1.165) is 16.8 Å². The Hall–Kier alpha value is -2.89. The number of carbonyl (C=O) groups excluding carboxylic acids is 1. The van der Waals surface area contributed by atoms with Gasteiger partial charge in [-0.15, -0.1) is 0 Å². The topological polar surface area (TPSA) is 91.3 Å². The molecule has 6 nitrogen and oxygen atoms in total. The summed E-state index contributed by atoms with van der Waals surface area (Å²) in [5.41, 5.74) is 3.12. The van der Waals surface area contributed by atoms with Gasteiger partial charge in [0.15, 0.2) is 0 Å². The second-order valence-corrected chi connectivity index (χ2v) is 6.24. The van der Waals surface area contributed by atoms with E-state index in [1.54, 1.807) is 6.20 Å². The fraction of sp³-hybridized carbons (Fsp3) is 0.350. The molecule has 0 aliphatic rings. The van der Waals surface area contributed by atoms with Crippen LogP contribution in [0.25, 0.3) is 0 Å². The van der Waals surface area contributed by atoms with Gasteiger partial charge in [-0.2, -0.15) is 0 Å². The maximum Gasteiger partial charge on any atom is 0.315 e. The molecule has 0 spiro atoms. The summed E-state index contributed by atoms with van der Waals surface area (Å²) in [5.74, 6) is -0.865. The summed E-state index contributed by atoms with van der Waals surface area (Å²) in [7, 11) is 0. The Bertz CT molecular complexity index is 719. The first-order valence-electron chi connectivity index (χ1n) is 8.75. The van der Waals surface area contributed by atoms with Crippen LogP contribution in [-0.4, -0.2) is 34.7 Å². The van der Waals surface area contributed by atoms with Crippen LogP contribution in [0.2, 0.25) is 0 Å². The van der Waals surface area contributed by atoms with E-state index < -0.39 is 5.97 Å². The molecule has 0 aliphatic carbocycles. The van der Waals surface area contributed by atoms with E-state index >= 15 is 0 Å². The number of aliphatic carboxylic acids is 1. The number of hydrogen-bond acceptors (Lipinski definition) is 3. The van der Waals surface area contributed by atoms with Crippen LogP contribution in [-0.2, 0) is 17.6 Å². The molecule has 1 atom stereocenters. The number of nitrogens with zero attached hydrogens (tertiary/aromatic N) is 1. The zero-order chi connectivity index (χ0) is 18.8. The van der Waals surface area contributed by atoms with Gasteiger partial charge in [-0.1, -0.05) is 36.4 Å². The van der Waals surface area contributed by atoms with Crippen LogP contribution in [0.3, 0.4) is 0 Å². The van der Waals surface area contributed by atoms with Gasteiger partial charge in [0.05, 0.1) is 0 Å². The third kappa shape index (κ3) is 6.93. The number of aryl methyl sites for hydroxylation is 1. The van der Waals surface area contributed by atoms with Crippen molar-refractivity contribution in [2.75, 3.05) is 6.54 Å². The van der Waals surface area contributed by atoms with Gasteiger partial charge < -0.3 is 15.7 Å². The van der Waals surface area contributed by atoms with Gasteiger partial charge in [-0.05, 0) is 37.0 Å². The average molecular weight is 355 g/mol. The lowest BCUT2D eigenvalue weighted by Gasteiger charge is -2.19. The van der Waals surface area contributed by atoms with E-state index in [0.29, 0.717) is 25.8 Å². The van der Waals surface area contributed by atoms with E-state index in [4.69, 9.17) is 5.11 Å². The van der Waals surface area contributed by atoms with E-state index in [-0.39, 0.29) is 18.5 Å². The average Bonchev–Trinajstić information content (AvgIpc) is 2.62. The summed E-state index contributed by atoms with van der Waals surface area (Å²) in [6, 6.07) is 13.1. The fourth-order valence-corrected chi connectivity index (χ4v) is 2.73. The molecule has 1 heterocycles. The van der Waals surface area contributed by atoms with Gasteiger partial charge in [-0.25, -0.2) is 4.79 Å². The molecule has 0 aliphatic heterocycles. The first-order valence-corrected chi connectivity index (χ1v) is 8.75. The van der Waals surface area contributed by atoms with Crippen molar-refractivity contribution < 1.29 is 14.7 Å². The quantitative estimate of drug-likeness (QED) is 0.645. The number of carbonyl (C=O) groups is 2. The summed E-state index contributed by atoms with van der Waals surface area (Å²) < 4.78 is 0. The molecule has 2 rings (SSSR count). The predicted octanol–water partition coefficient (Wildman–Crippen LogP) is 2.71. The summed E-state index contributed by atoms with van der Waals surface area (Å²) in [6.07, 6.45) is 3.39. The minimum Gasteiger partial charge on any atom is -0.481 e. The van der Waals surface area contributed by atoms with Gasteiger partial charge >= 0.3 is 12.0 Å². The zero-order valence-electron chi connectivity index (χ0n) is 14.9. The van der Waals surface area contributed by atoms with Crippen molar-refractivity contribution in [2.24, 2.45) is 0 Å². The van der Waals surface area contributed by atoms with Crippen molar-refractivity contribution >= 4 is 12.0 Å². The summed E-state index contributed by atoms with van der Waals surface area (Å²) in [5, 5.41) is 14.6. The predicted molar refractivity (Wildman–Crippen MR) is 100 cm³/mol. The number of urea groups is 1. The molecular weight excluding hydrogens is 330 g/mol. The van der Waals surface area contributed by atoms with Crippen molar-refractivity contribution in [3.8, 4) is 0 Å². The number of nitrogens with one attached hydrogen (secondary N) is 2. The monoisotopic (exact) mass is 355 g/mol. The maximum atomic E-state index is 12.2. The van der Waals surface area contributed by atoms with E-state index in [2.05, 4.69) is 15.6 Å². The van der Waals surface area contributed by atoms with Gasteiger partial charge in [0.1, 0.15) is 0 Å². The maximum absolute atomic E-state index is 12.2. The first-order chi connectivity index (χ1) is 12.5. The lowest BCUT2D eigenvalue weighted by Crippen LogP contribution is -2.44. The molecule has 1 aromatic carbocycles. The Balaban J connectivity index is 1.84. The summed E-state index contributed by atoms with van der Waals surface area (Å²) in [4.78, 5) is 27.3. The van der Waals surface area contributed by atoms with Crippen LogP contribution < -0.4 is 10.6 Å².